The van der Waals surface area contributed by atoms with Crippen molar-refractivity contribution in [2.75, 3.05) is 6.61 Å². The molecule has 1 aliphatic heterocycles. The number of rotatable bonds is 0. The maximum absolute atomic E-state index is 12.7. The van der Waals surface area contributed by atoms with E-state index in [1.54, 1.807) is 0 Å². The minimum atomic E-state index is -0.252. The summed E-state index contributed by atoms with van der Waals surface area (Å²) in [5, 5.41) is 0. The molecule has 2 rings (SSSR count). The van der Waals surface area contributed by atoms with Gasteiger partial charge in [0, 0.05) is 22.5 Å². The van der Waals surface area contributed by atoms with Crippen molar-refractivity contribution in [2.45, 2.75) is 6.42 Å². The van der Waals surface area contributed by atoms with Gasteiger partial charge in [-0.2, -0.15) is 0 Å². The molecule has 0 saturated carbocycles. The van der Waals surface area contributed by atoms with Crippen molar-refractivity contribution in [3.63, 3.8) is 0 Å². The Balaban J connectivity index is 2.60. The van der Waals surface area contributed by atoms with Crippen LogP contribution < -0.4 is 4.74 Å². The fourth-order valence-electron chi connectivity index (χ4n) is 1.21. The van der Waals surface area contributed by atoms with Gasteiger partial charge in [-0.3, -0.25) is 0 Å². The molecule has 1 nitrogen and oxygen atoms in total. The lowest BCUT2D eigenvalue weighted by atomic mass is 10.2. The highest BCUT2D eigenvalue weighted by atomic mass is 79.9. The fourth-order valence-corrected chi connectivity index (χ4v) is 1.83. The Hall–Kier alpha value is -0.570. The standard InChI is InChI=1S/C8H6BrFO/c9-7-3-5(10)4-8-6(7)1-2-11-8/h3-4H,1-2H2. The summed E-state index contributed by atoms with van der Waals surface area (Å²) >= 11 is 3.28. The molecule has 0 bridgehead atoms. The van der Waals surface area contributed by atoms with Crippen LogP contribution in [0.2, 0.25) is 0 Å². The molecule has 11 heavy (non-hydrogen) atoms. The summed E-state index contributed by atoms with van der Waals surface area (Å²) in [5.41, 5.74) is 1.08. The summed E-state index contributed by atoms with van der Waals surface area (Å²) in [6.07, 6.45) is 0.871. The van der Waals surface area contributed by atoms with Crippen LogP contribution in [0.3, 0.4) is 0 Å². The average molecular weight is 217 g/mol. The van der Waals surface area contributed by atoms with E-state index < -0.39 is 0 Å². The molecule has 0 radical (unpaired) electrons. The highest BCUT2D eigenvalue weighted by molar-refractivity contribution is 9.10. The van der Waals surface area contributed by atoms with Gasteiger partial charge in [-0.25, -0.2) is 4.39 Å². The second-order valence-corrected chi connectivity index (χ2v) is 3.32. The number of fused-ring (bicyclic) bond motifs is 1. The van der Waals surface area contributed by atoms with Crippen LogP contribution in [0.15, 0.2) is 16.6 Å². The molecule has 0 unspecified atom stereocenters. The number of hydrogen-bond donors (Lipinski definition) is 0. The minimum absolute atomic E-state index is 0.252. The van der Waals surface area contributed by atoms with Gasteiger partial charge in [0.05, 0.1) is 6.61 Å². The molecular formula is C8H6BrFO. The fraction of sp³-hybridized carbons (Fsp3) is 0.250. The van der Waals surface area contributed by atoms with Gasteiger partial charge < -0.3 is 4.74 Å². The SMILES string of the molecule is Fc1cc(Br)c2c(c1)OCC2. The van der Waals surface area contributed by atoms with Gasteiger partial charge in [0.25, 0.3) is 0 Å². The smallest absolute Gasteiger partial charge is 0.128 e. The second kappa shape index (κ2) is 2.48. The normalized spacial score (nSPS) is 14.4. The predicted molar refractivity (Wildman–Crippen MR) is 43.3 cm³/mol. The molecule has 1 aromatic carbocycles. The lowest BCUT2D eigenvalue weighted by molar-refractivity contribution is 0.355. The molecule has 0 amide bonds. The lowest BCUT2D eigenvalue weighted by Crippen LogP contribution is -1.86. The van der Waals surface area contributed by atoms with Crippen LogP contribution in [0.1, 0.15) is 5.56 Å². The quantitative estimate of drug-likeness (QED) is 0.648. The maximum Gasteiger partial charge on any atom is 0.128 e. The predicted octanol–water partition coefficient (Wildman–Crippen LogP) is 2.52. The van der Waals surface area contributed by atoms with Gasteiger partial charge in [-0.05, 0) is 6.07 Å². The van der Waals surface area contributed by atoms with Gasteiger partial charge in [-0.15, -0.1) is 0 Å². The molecule has 58 valence electrons. The highest BCUT2D eigenvalue weighted by Gasteiger charge is 2.15. The number of ether oxygens (including phenoxy) is 1. The van der Waals surface area contributed by atoms with E-state index in [4.69, 9.17) is 4.74 Å². The molecule has 1 aromatic rings. The molecule has 0 aromatic heterocycles. The molecular weight excluding hydrogens is 211 g/mol. The first-order chi connectivity index (χ1) is 5.27. The van der Waals surface area contributed by atoms with Gasteiger partial charge in [0.15, 0.2) is 0 Å². The Bertz CT molecular complexity index is 298. The van der Waals surface area contributed by atoms with E-state index in [-0.39, 0.29) is 5.82 Å². The first kappa shape index (κ1) is 7.10. The van der Waals surface area contributed by atoms with Crippen LogP contribution in [-0.4, -0.2) is 6.61 Å². The third-order valence-corrected chi connectivity index (χ3v) is 2.44. The molecule has 3 heteroatoms. The van der Waals surface area contributed by atoms with E-state index in [0.29, 0.717) is 12.4 Å². The van der Waals surface area contributed by atoms with Crippen molar-refractivity contribution < 1.29 is 9.13 Å². The molecule has 1 heterocycles. The number of benzene rings is 1. The largest absolute Gasteiger partial charge is 0.493 e. The van der Waals surface area contributed by atoms with E-state index in [2.05, 4.69) is 15.9 Å². The van der Waals surface area contributed by atoms with E-state index in [1.165, 1.54) is 12.1 Å². The average Bonchev–Trinajstić information content (AvgIpc) is 2.34. The van der Waals surface area contributed by atoms with Crippen molar-refractivity contribution in [3.8, 4) is 5.75 Å². The van der Waals surface area contributed by atoms with Crippen LogP contribution in [0.4, 0.5) is 4.39 Å². The Morgan fingerprint density at radius 2 is 2.27 bits per heavy atom. The zero-order valence-corrected chi connectivity index (χ0v) is 7.32. The van der Waals surface area contributed by atoms with Gasteiger partial charge in [0.1, 0.15) is 11.6 Å². The summed E-state index contributed by atoms with van der Waals surface area (Å²) in [6, 6.07) is 2.89. The van der Waals surface area contributed by atoms with Crippen LogP contribution in [-0.2, 0) is 6.42 Å². The molecule has 0 atom stereocenters. The molecule has 0 saturated heterocycles. The van der Waals surface area contributed by atoms with E-state index in [1.807, 2.05) is 0 Å². The highest BCUT2D eigenvalue weighted by Crippen LogP contribution is 2.32. The first-order valence-electron chi connectivity index (χ1n) is 3.38. The van der Waals surface area contributed by atoms with Crippen molar-refractivity contribution in [2.24, 2.45) is 0 Å². The number of hydrogen-bond acceptors (Lipinski definition) is 1. The minimum Gasteiger partial charge on any atom is -0.493 e. The molecule has 0 spiro atoms. The van der Waals surface area contributed by atoms with Gasteiger partial charge in [-0.1, -0.05) is 15.9 Å². The Kier molecular flexibility index (Phi) is 1.60. The maximum atomic E-state index is 12.7. The summed E-state index contributed by atoms with van der Waals surface area (Å²) in [7, 11) is 0. The van der Waals surface area contributed by atoms with Crippen molar-refractivity contribution >= 4 is 15.9 Å². The molecule has 1 aliphatic rings. The summed E-state index contributed by atoms with van der Waals surface area (Å²) in [4.78, 5) is 0. The first-order valence-corrected chi connectivity index (χ1v) is 4.17. The number of halogens is 2. The Morgan fingerprint density at radius 1 is 1.45 bits per heavy atom. The van der Waals surface area contributed by atoms with Gasteiger partial charge in [0.2, 0.25) is 0 Å². The van der Waals surface area contributed by atoms with E-state index in [0.717, 1.165) is 16.5 Å². The van der Waals surface area contributed by atoms with E-state index in [9.17, 15) is 4.39 Å². The zero-order chi connectivity index (χ0) is 7.84. The van der Waals surface area contributed by atoms with Gasteiger partial charge >= 0.3 is 0 Å². The monoisotopic (exact) mass is 216 g/mol. The zero-order valence-electron chi connectivity index (χ0n) is 5.73. The molecule has 0 aliphatic carbocycles. The molecule has 0 N–H and O–H groups in total. The van der Waals surface area contributed by atoms with Crippen LogP contribution >= 0.6 is 15.9 Å². The second-order valence-electron chi connectivity index (χ2n) is 2.46. The topological polar surface area (TPSA) is 9.23 Å². The van der Waals surface area contributed by atoms with Crippen molar-refractivity contribution in [1.29, 1.82) is 0 Å². The summed E-state index contributed by atoms with van der Waals surface area (Å²) in [5.74, 6) is 0.425. The van der Waals surface area contributed by atoms with Crippen molar-refractivity contribution in [3.05, 3.63) is 28.0 Å². The molecule has 0 fully saturated rings. The summed E-state index contributed by atoms with van der Waals surface area (Å²) in [6.45, 7) is 0.664. The van der Waals surface area contributed by atoms with Crippen molar-refractivity contribution in [1.82, 2.24) is 0 Å². The van der Waals surface area contributed by atoms with Crippen LogP contribution in [0, 0.1) is 5.82 Å². The summed E-state index contributed by atoms with van der Waals surface area (Å²) < 4.78 is 18.7. The van der Waals surface area contributed by atoms with Crippen LogP contribution in [0.5, 0.6) is 5.75 Å². The Labute approximate surface area is 72.3 Å². The lowest BCUT2D eigenvalue weighted by Gasteiger charge is -1.99. The van der Waals surface area contributed by atoms with Crippen LogP contribution in [0.25, 0.3) is 0 Å². The third-order valence-electron chi connectivity index (χ3n) is 1.73. The van der Waals surface area contributed by atoms with E-state index >= 15 is 0 Å². The third kappa shape index (κ3) is 1.13. The Morgan fingerprint density at radius 3 is 3.09 bits per heavy atom.